The van der Waals surface area contributed by atoms with E-state index in [1.54, 1.807) is 0 Å². The van der Waals surface area contributed by atoms with Gasteiger partial charge >= 0.3 is 0 Å². The second kappa shape index (κ2) is 6.69. The lowest BCUT2D eigenvalue weighted by molar-refractivity contribution is -0.118. The number of nitriles is 1. The number of nitrogens with two attached hydrogens (primary N) is 1. The van der Waals surface area contributed by atoms with Crippen LogP contribution in [0.1, 0.15) is 12.0 Å². The Balaban J connectivity index is 2.68. The van der Waals surface area contributed by atoms with Crippen molar-refractivity contribution in [3.63, 3.8) is 0 Å². The molecule has 0 spiro atoms. The van der Waals surface area contributed by atoms with Gasteiger partial charge in [-0.25, -0.2) is 4.39 Å². The van der Waals surface area contributed by atoms with E-state index in [1.165, 1.54) is 19.2 Å². The van der Waals surface area contributed by atoms with Crippen molar-refractivity contribution in [1.29, 1.82) is 5.26 Å². The van der Waals surface area contributed by atoms with Crippen molar-refractivity contribution in [3.05, 3.63) is 29.6 Å². The Hall–Kier alpha value is -1.97. The van der Waals surface area contributed by atoms with E-state index in [0.29, 0.717) is 0 Å². The molecule has 96 valence electrons. The number of rotatable bonds is 5. The van der Waals surface area contributed by atoms with E-state index in [1.807, 2.05) is 6.07 Å². The van der Waals surface area contributed by atoms with Crippen molar-refractivity contribution in [1.82, 2.24) is 0 Å². The maximum atomic E-state index is 13.5. The molecule has 0 aliphatic carbocycles. The van der Waals surface area contributed by atoms with Crippen molar-refractivity contribution in [2.75, 3.05) is 19.0 Å². The van der Waals surface area contributed by atoms with Crippen molar-refractivity contribution in [2.24, 2.45) is 5.73 Å². The molecule has 1 unspecified atom stereocenters. The molecule has 6 heteroatoms. The van der Waals surface area contributed by atoms with Gasteiger partial charge in [0.05, 0.1) is 29.8 Å². The summed E-state index contributed by atoms with van der Waals surface area (Å²) in [4.78, 5) is 11.6. The highest BCUT2D eigenvalue weighted by molar-refractivity contribution is 5.91. The zero-order chi connectivity index (χ0) is 13.5. The number of methoxy groups -OCH3 is 1. The van der Waals surface area contributed by atoms with Crippen molar-refractivity contribution >= 4 is 11.6 Å². The van der Waals surface area contributed by atoms with Crippen LogP contribution in [0, 0.1) is 17.1 Å². The van der Waals surface area contributed by atoms with E-state index in [0.717, 1.165) is 6.07 Å². The van der Waals surface area contributed by atoms with Crippen molar-refractivity contribution in [2.45, 2.75) is 12.5 Å². The highest BCUT2D eigenvalue weighted by Gasteiger charge is 2.13. The first-order valence-electron chi connectivity index (χ1n) is 5.33. The van der Waals surface area contributed by atoms with Gasteiger partial charge in [0.15, 0.2) is 0 Å². The van der Waals surface area contributed by atoms with E-state index >= 15 is 0 Å². The minimum absolute atomic E-state index is 0.0332. The van der Waals surface area contributed by atoms with Crippen LogP contribution in [0.5, 0.6) is 0 Å². The largest absolute Gasteiger partial charge is 0.380 e. The van der Waals surface area contributed by atoms with E-state index < -0.39 is 17.8 Å². The predicted octanol–water partition coefficient (Wildman–Crippen LogP) is 1.000. The Labute approximate surface area is 104 Å². The van der Waals surface area contributed by atoms with E-state index in [9.17, 15) is 9.18 Å². The van der Waals surface area contributed by atoms with E-state index in [2.05, 4.69) is 5.32 Å². The Kier molecular flexibility index (Phi) is 5.24. The number of amides is 1. The molecule has 18 heavy (non-hydrogen) atoms. The molecular formula is C12H14FN3O2. The molecule has 0 heterocycles. The topological polar surface area (TPSA) is 88.1 Å². The fraction of sp³-hybridized carbons (Fsp3) is 0.333. The summed E-state index contributed by atoms with van der Waals surface area (Å²) in [7, 11) is 1.45. The van der Waals surface area contributed by atoms with E-state index in [4.69, 9.17) is 15.7 Å². The van der Waals surface area contributed by atoms with Gasteiger partial charge in [0.25, 0.3) is 0 Å². The van der Waals surface area contributed by atoms with Gasteiger partial charge < -0.3 is 15.8 Å². The lowest BCUT2D eigenvalue weighted by Gasteiger charge is -2.12. The third-order valence-electron chi connectivity index (χ3n) is 2.38. The molecule has 0 aliphatic rings. The smallest absolute Gasteiger partial charge is 0.227 e. The monoisotopic (exact) mass is 251 g/mol. The standard InChI is InChI=1S/C12H14FN3O2/c1-18-9(7-15)5-12(17)16-11-3-2-8(6-14)4-10(11)13/h2-4,9H,5,7,15H2,1H3,(H,16,17). The fourth-order valence-electron chi connectivity index (χ4n) is 1.36. The molecule has 0 fully saturated rings. The number of benzene rings is 1. The Bertz CT molecular complexity index is 467. The number of nitrogens with zero attached hydrogens (tertiary/aromatic N) is 1. The van der Waals surface area contributed by atoms with Gasteiger partial charge in [-0.1, -0.05) is 0 Å². The summed E-state index contributed by atoms with van der Waals surface area (Å²) in [5.41, 5.74) is 5.61. The molecule has 0 saturated heterocycles. The van der Waals surface area contributed by atoms with Crippen LogP contribution in [-0.2, 0) is 9.53 Å². The molecule has 0 saturated carbocycles. The summed E-state index contributed by atoms with van der Waals surface area (Å²) in [6, 6.07) is 5.64. The molecule has 1 atom stereocenters. The van der Waals surface area contributed by atoms with E-state index in [-0.39, 0.29) is 24.2 Å². The SMILES string of the molecule is COC(CN)CC(=O)Nc1ccc(C#N)cc1F. The predicted molar refractivity (Wildman–Crippen MR) is 64.2 cm³/mol. The first-order chi connectivity index (χ1) is 8.60. The average Bonchev–Trinajstić information content (AvgIpc) is 2.38. The second-order valence-corrected chi connectivity index (χ2v) is 3.65. The van der Waals surface area contributed by atoms with Crippen LogP contribution in [0.2, 0.25) is 0 Å². The number of nitrogens with one attached hydrogen (secondary N) is 1. The number of ether oxygens (including phenoxy) is 1. The lowest BCUT2D eigenvalue weighted by Crippen LogP contribution is -2.28. The number of anilines is 1. The zero-order valence-corrected chi connectivity index (χ0v) is 9.94. The van der Waals surface area contributed by atoms with Gasteiger partial charge in [0.2, 0.25) is 5.91 Å². The summed E-state index contributed by atoms with van der Waals surface area (Å²) < 4.78 is 18.4. The summed E-state index contributed by atoms with van der Waals surface area (Å²) in [5.74, 6) is -1.04. The van der Waals surface area contributed by atoms with Crippen LogP contribution in [0.3, 0.4) is 0 Å². The molecule has 0 aliphatic heterocycles. The van der Waals surface area contributed by atoms with Gasteiger partial charge in [0, 0.05) is 13.7 Å². The highest BCUT2D eigenvalue weighted by atomic mass is 19.1. The molecule has 1 amide bonds. The fourth-order valence-corrected chi connectivity index (χ4v) is 1.36. The number of carbonyl (C=O) groups is 1. The number of hydrogen-bond acceptors (Lipinski definition) is 4. The Morgan fingerprint density at radius 2 is 2.39 bits per heavy atom. The number of hydrogen-bond donors (Lipinski definition) is 2. The van der Waals surface area contributed by atoms with Crippen LogP contribution >= 0.6 is 0 Å². The lowest BCUT2D eigenvalue weighted by atomic mass is 10.2. The Morgan fingerprint density at radius 3 is 2.89 bits per heavy atom. The second-order valence-electron chi connectivity index (χ2n) is 3.65. The van der Waals surface area contributed by atoms with Crippen LogP contribution in [-0.4, -0.2) is 25.7 Å². The molecule has 0 aromatic heterocycles. The summed E-state index contributed by atoms with van der Waals surface area (Å²) >= 11 is 0. The van der Waals surface area contributed by atoms with Gasteiger partial charge in [-0.3, -0.25) is 4.79 Å². The summed E-state index contributed by atoms with van der Waals surface area (Å²) in [5, 5.41) is 11.0. The van der Waals surface area contributed by atoms with Gasteiger partial charge in [-0.05, 0) is 18.2 Å². The first-order valence-corrected chi connectivity index (χ1v) is 5.33. The van der Waals surface area contributed by atoms with Gasteiger partial charge in [-0.2, -0.15) is 5.26 Å². The summed E-state index contributed by atoms with van der Waals surface area (Å²) in [6.45, 7) is 0.208. The van der Waals surface area contributed by atoms with Crippen LogP contribution in [0.4, 0.5) is 10.1 Å². The molecular weight excluding hydrogens is 237 g/mol. The molecule has 0 bridgehead atoms. The van der Waals surface area contributed by atoms with Gasteiger partial charge in [-0.15, -0.1) is 0 Å². The van der Waals surface area contributed by atoms with Crippen LogP contribution < -0.4 is 11.1 Å². The zero-order valence-electron chi connectivity index (χ0n) is 9.94. The minimum Gasteiger partial charge on any atom is -0.380 e. The third kappa shape index (κ3) is 3.80. The quantitative estimate of drug-likeness (QED) is 0.817. The van der Waals surface area contributed by atoms with Crippen LogP contribution in [0.25, 0.3) is 0 Å². The minimum atomic E-state index is -0.649. The molecule has 1 aromatic rings. The average molecular weight is 251 g/mol. The van der Waals surface area contributed by atoms with Crippen molar-refractivity contribution in [3.8, 4) is 6.07 Å². The number of halogens is 1. The molecule has 3 N–H and O–H groups in total. The first kappa shape index (κ1) is 14.1. The molecule has 1 rings (SSSR count). The summed E-state index contributed by atoms with van der Waals surface area (Å²) in [6.07, 6.45) is -0.349. The number of carbonyl (C=O) groups excluding carboxylic acids is 1. The normalized spacial score (nSPS) is 11.7. The molecule has 5 nitrogen and oxygen atoms in total. The maximum Gasteiger partial charge on any atom is 0.227 e. The third-order valence-corrected chi connectivity index (χ3v) is 2.38. The van der Waals surface area contributed by atoms with Crippen LogP contribution in [0.15, 0.2) is 18.2 Å². The highest BCUT2D eigenvalue weighted by Crippen LogP contribution is 2.15. The molecule has 0 radical (unpaired) electrons. The molecule has 1 aromatic carbocycles. The maximum absolute atomic E-state index is 13.5. The Morgan fingerprint density at radius 1 is 1.67 bits per heavy atom. The van der Waals surface area contributed by atoms with Crippen molar-refractivity contribution < 1.29 is 13.9 Å². The van der Waals surface area contributed by atoms with Gasteiger partial charge in [0.1, 0.15) is 5.82 Å².